The molecule has 0 aliphatic heterocycles. The molecular weight excluding hydrogens is 614 g/mol. The number of amides is 6. The van der Waals surface area contributed by atoms with Gasteiger partial charge < -0.3 is 58.5 Å². The zero-order valence-electron chi connectivity index (χ0n) is 26.3. The first-order valence-electron chi connectivity index (χ1n) is 14.6. The van der Waals surface area contributed by atoms with E-state index in [4.69, 9.17) is 16.6 Å². The number of aliphatic hydroxyl groups is 2. The minimum atomic E-state index is -1.67. The molecule has 0 aliphatic carbocycles. The second-order valence-corrected chi connectivity index (χ2v) is 11.0. The summed E-state index contributed by atoms with van der Waals surface area (Å²) >= 11 is 0. The van der Waals surface area contributed by atoms with Crippen LogP contribution in [0.25, 0.3) is 0 Å². The van der Waals surface area contributed by atoms with E-state index in [9.17, 15) is 53.7 Å². The lowest BCUT2D eigenvalue weighted by molar-refractivity contribution is -0.143. The van der Waals surface area contributed by atoms with Gasteiger partial charge >= 0.3 is 11.9 Å². The van der Waals surface area contributed by atoms with Crippen LogP contribution in [0.3, 0.4) is 0 Å². The van der Waals surface area contributed by atoms with Crippen LogP contribution in [0.4, 0.5) is 0 Å². The van der Waals surface area contributed by atoms with Gasteiger partial charge in [-0.15, -0.1) is 0 Å². The number of hydrogen-bond acceptors (Lipinski definition) is 11. The topological polar surface area (TPSA) is 330 Å². The largest absolute Gasteiger partial charge is 0.481 e. The highest BCUT2D eigenvalue weighted by Gasteiger charge is 2.35. The summed E-state index contributed by atoms with van der Waals surface area (Å²) in [5, 5.41) is 49.0. The number of carbonyl (C=O) groups is 8. The van der Waals surface area contributed by atoms with Gasteiger partial charge in [0, 0.05) is 12.8 Å². The van der Waals surface area contributed by atoms with Gasteiger partial charge in [-0.25, -0.2) is 4.79 Å². The maximum atomic E-state index is 13.3. The quantitative estimate of drug-likeness (QED) is 0.0523. The molecule has 0 aromatic heterocycles. The molecule has 0 bridgehead atoms. The number of carboxylic acids is 2. The average Bonchev–Trinajstić information content (AvgIpc) is 2.99. The molecule has 7 atom stereocenters. The van der Waals surface area contributed by atoms with Crippen molar-refractivity contribution < 1.29 is 58.8 Å². The minimum Gasteiger partial charge on any atom is -0.481 e. The molecule has 0 spiro atoms. The van der Waals surface area contributed by atoms with Gasteiger partial charge in [0.1, 0.15) is 36.3 Å². The van der Waals surface area contributed by atoms with Gasteiger partial charge in [-0.05, 0) is 24.7 Å². The van der Waals surface area contributed by atoms with Crippen molar-refractivity contribution in [2.24, 2.45) is 23.3 Å². The smallest absolute Gasteiger partial charge is 0.326 e. The number of aliphatic hydroxyl groups excluding tert-OH is 2. The summed E-state index contributed by atoms with van der Waals surface area (Å²) in [6, 6.07) is -8.71. The van der Waals surface area contributed by atoms with E-state index in [1.54, 1.807) is 27.7 Å². The zero-order chi connectivity index (χ0) is 35.7. The van der Waals surface area contributed by atoms with Crippen LogP contribution in [0, 0.1) is 11.8 Å². The van der Waals surface area contributed by atoms with Crippen molar-refractivity contribution in [3.8, 4) is 0 Å². The summed E-state index contributed by atoms with van der Waals surface area (Å²) in [7, 11) is 0. The summed E-state index contributed by atoms with van der Waals surface area (Å²) in [5.74, 6) is -9.52. The van der Waals surface area contributed by atoms with Gasteiger partial charge in [0.15, 0.2) is 0 Å². The summed E-state index contributed by atoms with van der Waals surface area (Å²) in [4.78, 5) is 98.4. The SMILES string of the molecule is CCC(C)C(NC(=O)C(CCC(=O)O)NC(=O)C(CO)NC(=O)C(NC(=O)C(N)CO)C(C)C)C(=O)NC(CCC(N)=O)C(=O)O. The number of carboxylic acid groups (broad SMARTS) is 2. The van der Waals surface area contributed by atoms with Gasteiger partial charge in [0.2, 0.25) is 35.4 Å². The van der Waals surface area contributed by atoms with Crippen LogP contribution in [0.1, 0.15) is 59.8 Å². The van der Waals surface area contributed by atoms with Crippen molar-refractivity contribution in [1.29, 1.82) is 0 Å². The number of carbonyl (C=O) groups excluding carboxylic acids is 6. The molecule has 0 aromatic rings. The van der Waals surface area contributed by atoms with Crippen LogP contribution >= 0.6 is 0 Å². The first kappa shape index (κ1) is 41.6. The predicted molar refractivity (Wildman–Crippen MR) is 159 cm³/mol. The molecule has 0 radical (unpaired) electrons. The number of nitrogens with two attached hydrogens (primary N) is 2. The van der Waals surface area contributed by atoms with Gasteiger partial charge in [-0.3, -0.25) is 33.6 Å². The van der Waals surface area contributed by atoms with Crippen molar-refractivity contribution in [2.75, 3.05) is 13.2 Å². The fourth-order valence-electron chi connectivity index (χ4n) is 3.90. The Labute approximate surface area is 265 Å². The molecule has 0 aromatic carbocycles. The standard InChI is InChI=1S/C27H47N7O12/c1-5-13(4)21(26(44)31-16(27(45)46)6-8-18(29)37)34-23(41)15(7-9-19(38)39)30-24(42)17(11-36)32-25(43)20(12(2)3)33-22(40)14(28)10-35/h12-17,20-21,35-36H,5-11,28H2,1-4H3,(H2,29,37)(H,30,42)(H,31,44)(H,32,43)(H,33,40)(H,34,41)(H,38,39)(H,45,46). The molecule has 0 heterocycles. The van der Waals surface area contributed by atoms with Gasteiger partial charge in [-0.1, -0.05) is 34.1 Å². The van der Waals surface area contributed by atoms with Crippen molar-refractivity contribution >= 4 is 47.4 Å². The van der Waals surface area contributed by atoms with Crippen LogP contribution in [-0.4, -0.2) is 117 Å². The van der Waals surface area contributed by atoms with E-state index in [1.807, 2.05) is 0 Å². The summed E-state index contributed by atoms with van der Waals surface area (Å²) in [5.41, 5.74) is 10.5. The monoisotopic (exact) mass is 661 g/mol. The Morgan fingerprint density at radius 1 is 0.630 bits per heavy atom. The van der Waals surface area contributed by atoms with Gasteiger partial charge in [0.25, 0.3) is 0 Å². The molecule has 262 valence electrons. The molecule has 46 heavy (non-hydrogen) atoms. The molecule has 19 heteroatoms. The first-order chi connectivity index (χ1) is 21.4. The van der Waals surface area contributed by atoms with Crippen LogP contribution in [0.15, 0.2) is 0 Å². The molecular formula is C27H47N7O12. The molecule has 0 aliphatic rings. The highest BCUT2D eigenvalue weighted by atomic mass is 16.4. The Hall–Kier alpha value is -4.36. The predicted octanol–water partition coefficient (Wildman–Crippen LogP) is -4.36. The van der Waals surface area contributed by atoms with Gasteiger partial charge in [0.05, 0.1) is 13.2 Å². The number of rotatable bonds is 22. The third kappa shape index (κ3) is 14.6. The lowest BCUT2D eigenvalue weighted by atomic mass is 9.96. The second-order valence-electron chi connectivity index (χ2n) is 11.0. The normalized spacial score (nSPS) is 15.6. The summed E-state index contributed by atoms with van der Waals surface area (Å²) in [6.45, 7) is 4.71. The third-order valence-electron chi connectivity index (χ3n) is 6.96. The van der Waals surface area contributed by atoms with E-state index in [0.717, 1.165) is 0 Å². The van der Waals surface area contributed by atoms with E-state index >= 15 is 0 Å². The molecule has 0 fully saturated rings. The number of nitrogens with one attached hydrogen (secondary N) is 5. The Kier molecular flexibility index (Phi) is 18.7. The number of primary amides is 1. The molecule has 0 saturated carbocycles. The van der Waals surface area contributed by atoms with E-state index in [1.165, 1.54) is 0 Å². The fourth-order valence-corrected chi connectivity index (χ4v) is 3.90. The van der Waals surface area contributed by atoms with E-state index < -0.39 is 122 Å². The second kappa shape index (κ2) is 20.6. The first-order valence-corrected chi connectivity index (χ1v) is 14.6. The molecule has 19 nitrogen and oxygen atoms in total. The van der Waals surface area contributed by atoms with Crippen LogP contribution in [0.2, 0.25) is 0 Å². The lowest BCUT2D eigenvalue weighted by Crippen LogP contribution is -2.61. The van der Waals surface area contributed by atoms with Crippen molar-refractivity contribution in [2.45, 2.75) is 96.1 Å². The lowest BCUT2D eigenvalue weighted by Gasteiger charge is -2.29. The third-order valence-corrected chi connectivity index (χ3v) is 6.96. The molecule has 6 amide bonds. The Balaban J connectivity index is 5.96. The highest BCUT2D eigenvalue weighted by molar-refractivity contribution is 5.96. The molecule has 0 saturated heterocycles. The number of aliphatic carboxylic acids is 2. The minimum absolute atomic E-state index is 0.318. The Bertz CT molecular complexity index is 1100. The Morgan fingerprint density at radius 2 is 1.11 bits per heavy atom. The zero-order valence-corrected chi connectivity index (χ0v) is 26.3. The average molecular weight is 662 g/mol. The van der Waals surface area contributed by atoms with Crippen LogP contribution < -0.4 is 38.1 Å². The van der Waals surface area contributed by atoms with E-state index in [0.29, 0.717) is 6.42 Å². The van der Waals surface area contributed by atoms with Gasteiger partial charge in [-0.2, -0.15) is 0 Å². The maximum Gasteiger partial charge on any atom is 0.326 e. The van der Waals surface area contributed by atoms with Crippen LogP contribution in [0.5, 0.6) is 0 Å². The van der Waals surface area contributed by atoms with Crippen LogP contribution in [-0.2, 0) is 38.4 Å². The summed E-state index contributed by atoms with van der Waals surface area (Å²) < 4.78 is 0. The molecule has 13 N–H and O–H groups in total. The maximum absolute atomic E-state index is 13.3. The number of hydrogen-bond donors (Lipinski definition) is 11. The van der Waals surface area contributed by atoms with E-state index in [2.05, 4.69) is 26.6 Å². The van der Waals surface area contributed by atoms with Crippen molar-refractivity contribution in [1.82, 2.24) is 26.6 Å². The van der Waals surface area contributed by atoms with E-state index in [-0.39, 0.29) is 12.8 Å². The molecule has 7 unspecified atom stereocenters. The summed E-state index contributed by atoms with van der Waals surface area (Å²) in [6.07, 6.45) is -1.44. The fraction of sp³-hybridized carbons (Fsp3) is 0.704. The van der Waals surface area contributed by atoms with Crippen molar-refractivity contribution in [3.05, 3.63) is 0 Å². The van der Waals surface area contributed by atoms with Crippen molar-refractivity contribution in [3.63, 3.8) is 0 Å². The molecule has 0 rings (SSSR count). The Morgan fingerprint density at radius 3 is 1.57 bits per heavy atom. The highest BCUT2D eigenvalue weighted by Crippen LogP contribution is 2.11.